The normalized spacial score (nSPS) is 11.4. The van der Waals surface area contributed by atoms with Crippen molar-refractivity contribution in [2.75, 3.05) is 24.8 Å². The fourth-order valence-corrected chi connectivity index (χ4v) is 5.35. The lowest BCUT2D eigenvalue weighted by molar-refractivity contribution is 0.100. The van der Waals surface area contributed by atoms with Crippen LogP contribution in [0.2, 0.25) is 0 Å². The fourth-order valence-electron chi connectivity index (χ4n) is 4.72. The van der Waals surface area contributed by atoms with E-state index in [0.29, 0.717) is 59.3 Å². The number of hydrogen-bond donors (Lipinski definition) is 3. The highest BCUT2D eigenvalue weighted by atomic mass is 32.2. The number of ether oxygens (including phenoxy) is 2. The van der Waals surface area contributed by atoms with Crippen molar-refractivity contribution in [1.29, 1.82) is 0 Å². The maximum Gasteiger partial charge on any atom is 0.252 e. The van der Waals surface area contributed by atoms with E-state index in [-0.39, 0.29) is 5.56 Å². The van der Waals surface area contributed by atoms with E-state index in [0.717, 1.165) is 28.8 Å². The summed E-state index contributed by atoms with van der Waals surface area (Å²) in [7, 11) is -3.23. The lowest BCUT2D eigenvalue weighted by Crippen LogP contribution is -2.16. The number of pyridine rings is 1. The third-order valence-corrected chi connectivity index (χ3v) is 7.81. The summed E-state index contributed by atoms with van der Waals surface area (Å²) in [6, 6.07) is 16.5. The van der Waals surface area contributed by atoms with Crippen molar-refractivity contribution in [1.82, 2.24) is 10.3 Å². The van der Waals surface area contributed by atoms with E-state index in [9.17, 15) is 13.2 Å². The molecule has 216 valence electrons. The number of hydrogen-bond acceptors (Lipinski definition) is 8. The molecule has 0 fully saturated rings. The third kappa shape index (κ3) is 6.96. The molecule has 3 aromatic carbocycles. The van der Waals surface area contributed by atoms with Crippen LogP contribution in [0, 0.1) is 0 Å². The molecule has 0 bridgehead atoms. The van der Waals surface area contributed by atoms with Crippen LogP contribution < -0.4 is 25.8 Å². The Labute approximate surface area is 241 Å². The van der Waals surface area contributed by atoms with Crippen molar-refractivity contribution in [3.05, 3.63) is 83.0 Å². The molecule has 1 amide bonds. The predicted molar refractivity (Wildman–Crippen MR) is 162 cm³/mol. The highest BCUT2D eigenvalue weighted by Gasteiger charge is 2.19. The Balaban J connectivity index is 1.65. The van der Waals surface area contributed by atoms with Crippen LogP contribution in [0.1, 0.15) is 47.8 Å². The van der Waals surface area contributed by atoms with Crippen LogP contribution >= 0.6 is 0 Å². The second kappa shape index (κ2) is 13.0. The van der Waals surface area contributed by atoms with E-state index in [1.54, 1.807) is 12.1 Å². The standard InChI is InChI=1S/C31H36N4O5S/c1-5-23-21(18-33-17-20-11-13-22(14-12-20)41(4,37)38)9-8-10-26(23)35-30-24-15-28(39-6-2)29(40-7-3)16-27(24)34-19-25(30)31(32)36/h8-16,19,33H,5-7,17-18H2,1-4H3,(H2,32,36)(H,34,35). The van der Waals surface area contributed by atoms with Gasteiger partial charge in [0.25, 0.3) is 5.91 Å². The molecule has 0 aliphatic heterocycles. The van der Waals surface area contributed by atoms with E-state index in [2.05, 4.69) is 28.6 Å². The minimum atomic E-state index is -3.23. The van der Waals surface area contributed by atoms with Gasteiger partial charge in [0.15, 0.2) is 21.3 Å². The molecule has 0 atom stereocenters. The molecule has 4 rings (SSSR count). The number of benzene rings is 3. The largest absolute Gasteiger partial charge is 0.490 e. The Kier molecular flexibility index (Phi) is 9.46. The van der Waals surface area contributed by atoms with Gasteiger partial charge in [0, 0.05) is 42.7 Å². The monoisotopic (exact) mass is 576 g/mol. The summed E-state index contributed by atoms with van der Waals surface area (Å²) in [5.74, 6) is 0.554. The number of nitrogens with two attached hydrogens (primary N) is 1. The molecule has 9 nitrogen and oxygen atoms in total. The Hall–Kier alpha value is -4.15. The van der Waals surface area contributed by atoms with Gasteiger partial charge in [0.1, 0.15) is 0 Å². The number of amides is 1. The SMILES string of the molecule is CCOc1cc2ncc(C(N)=O)c(Nc3cccc(CNCc4ccc(S(C)(=O)=O)cc4)c3CC)c2cc1OCC. The van der Waals surface area contributed by atoms with Gasteiger partial charge in [-0.25, -0.2) is 8.42 Å². The number of carbonyl (C=O) groups is 1. The second-order valence-electron chi connectivity index (χ2n) is 9.53. The fraction of sp³-hybridized carbons (Fsp3) is 0.290. The van der Waals surface area contributed by atoms with Gasteiger partial charge in [-0.2, -0.15) is 0 Å². The van der Waals surface area contributed by atoms with E-state index < -0.39 is 15.7 Å². The highest BCUT2D eigenvalue weighted by molar-refractivity contribution is 7.90. The first-order valence-corrected chi connectivity index (χ1v) is 15.4. The Morgan fingerprint density at radius 3 is 2.24 bits per heavy atom. The van der Waals surface area contributed by atoms with Gasteiger partial charge in [-0.15, -0.1) is 0 Å². The maximum atomic E-state index is 12.5. The van der Waals surface area contributed by atoms with Gasteiger partial charge in [0.05, 0.1) is 34.9 Å². The topological polar surface area (TPSA) is 133 Å². The summed E-state index contributed by atoms with van der Waals surface area (Å²) in [4.78, 5) is 17.2. The molecule has 0 radical (unpaired) electrons. The Morgan fingerprint density at radius 1 is 0.951 bits per heavy atom. The molecule has 4 N–H and O–H groups in total. The van der Waals surface area contributed by atoms with Crippen molar-refractivity contribution in [3.63, 3.8) is 0 Å². The van der Waals surface area contributed by atoms with Crippen molar-refractivity contribution >= 4 is 38.0 Å². The molecule has 0 unspecified atom stereocenters. The first kappa shape index (κ1) is 29.8. The zero-order valence-electron chi connectivity index (χ0n) is 23.8. The second-order valence-corrected chi connectivity index (χ2v) is 11.6. The lowest BCUT2D eigenvalue weighted by Gasteiger charge is -2.19. The minimum Gasteiger partial charge on any atom is -0.490 e. The van der Waals surface area contributed by atoms with Crippen LogP contribution in [0.15, 0.2) is 65.7 Å². The molecule has 1 heterocycles. The molecule has 4 aromatic rings. The zero-order valence-corrected chi connectivity index (χ0v) is 24.6. The van der Waals surface area contributed by atoms with Crippen LogP contribution in [0.5, 0.6) is 11.5 Å². The van der Waals surface area contributed by atoms with Crippen molar-refractivity contribution in [2.24, 2.45) is 5.73 Å². The van der Waals surface area contributed by atoms with Crippen LogP contribution in [0.3, 0.4) is 0 Å². The van der Waals surface area contributed by atoms with Crippen LogP contribution in [-0.4, -0.2) is 38.8 Å². The summed E-state index contributed by atoms with van der Waals surface area (Å²) < 4.78 is 35.1. The molecule has 10 heteroatoms. The number of carbonyl (C=O) groups excluding carboxylic acids is 1. The van der Waals surface area contributed by atoms with Crippen molar-refractivity contribution < 1.29 is 22.7 Å². The number of aromatic nitrogens is 1. The lowest BCUT2D eigenvalue weighted by atomic mass is 10.0. The molecule has 0 spiro atoms. The van der Waals surface area contributed by atoms with Gasteiger partial charge in [0.2, 0.25) is 0 Å². The summed E-state index contributed by atoms with van der Waals surface area (Å²) >= 11 is 0. The molecule has 0 saturated heterocycles. The number of rotatable bonds is 13. The van der Waals surface area contributed by atoms with Crippen LogP contribution in [-0.2, 0) is 29.3 Å². The van der Waals surface area contributed by atoms with E-state index >= 15 is 0 Å². The highest BCUT2D eigenvalue weighted by Crippen LogP contribution is 2.38. The number of fused-ring (bicyclic) bond motifs is 1. The molecule has 0 aliphatic rings. The molecule has 1 aromatic heterocycles. The van der Waals surface area contributed by atoms with Gasteiger partial charge in [-0.3, -0.25) is 9.78 Å². The summed E-state index contributed by atoms with van der Waals surface area (Å²) in [5, 5.41) is 7.62. The van der Waals surface area contributed by atoms with Gasteiger partial charge < -0.3 is 25.8 Å². The van der Waals surface area contributed by atoms with E-state index in [1.165, 1.54) is 12.5 Å². The summed E-state index contributed by atoms with van der Waals surface area (Å²) in [5.41, 5.74) is 11.3. The first-order chi connectivity index (χ1) is 19.7. The van der Waals surface area contributed by atoms with Gasteiger partial charge in [-0.05, 0) is 61.2 Å². The molecule has 0 saturated carbocycles. The number of nitrogens with zero attached hydrogens (tertiary/aromatic N) is 1. The minimum absolute atomic E-state index is 0.271. The van der Waals surface area contributed by atoms with Crippen molar-refractivity contribution in [2.45, 2.75) is 45.2 Å². The average molecular weight is 577 g/mol. The number of primary amides is 1. The Bertz CT molecular complexity index is 1650. The number of anilines is 2. The van der Waals surface area contributed by atoms with Crippen LogP contribution in [0.25, 0.3) is 10.9 Å². The zero-order chi connectivity index (χ0) is 29.6. The summed E-state index contributed by atoms with van der Waals surface area (Å²) in [6.45, 7) is 7.98. The van der Waals surface area contributed by atoms with E-state index in [4.69, 9.17) is 15.2 Å². The van der Waals surface area contributed by atoms with Crippen LogP contribution in [0.4, 0.5) is 11.4 Å². The molecule has 41 heavy (non-hydrogen) atoms. The Morgan fingerprint density at radius 2 is 1.63 bits per heavy atom. The first-order valence-electron chi connectivity index (χ1n) is 13.6. The smallest absolute Gasteiger partial charge is 0.252 e. The van der Waals surface area contributed by atoms with E-state index in [1.807, 2.05) is 50.2 Å². The predicted octanol–water partition coefficient (Wildman–Crippen LogP) is 5.13. The quantitative estimate of drug-likeness (QED) is 0.200. The summed E-state index contributed by atoms with van der Waals surface area (Å²) in [6.07, 6.45) is 3.43. The van der Waals surface area contributed by atoms with Gasteiger partial charge in [-0.1, -0.05) is 31.2 Å². The molecule has 0 aliphatic carbocycles. The van der Waals surface area contributed by atoms with Crippen molar-refractivity contribution in [3.8, 4) is 11.5 Å². The third-order valence-electron chi connectivity index (χ3n) is 6.68. The van der Waals surface area contributed by atoms with Gasteiger partial charge >= 0.3 is 0 Å². The molecular weight excluding hydrogens is 540 g/mol. The number of nitrogens with one attached hydrogen (secondary N) is 2. The average Bonchev–Trinajstić information content (AvgIpc) is 2.94. The molecular formula is C31H36N4O5S. The number of sulfone groups is 1. The maximum absolute atomic E-state index is 12.5.